The van der Waals surface area contributed by atoms with Crippen LogP contribution in [-0.2, 0) is 12.6 Å². The molecule has 0 atom stereocenters. The summed E-state index contributed by atoms with van der Waals surface area (Å²) in [5.74, 6) is 0.696. The van der Waals surface area contributed by atoms with Gasteiger partial charge >= 0.3 is 6.18 Å². The van der Waals surface area contributed by atoms with Crippen molar-refractivity contribution >= 4 is 23.2 Å². The van der Waals surface area contributed by atoms with E-state index < -0.39 is 11.7 Å². The maximum Gasteiger partial charge on any atom is 0.416 e. The number of hydrogen-bond donors (Lipinski definition) is 0. The van der Waals surface area contributed by atoms with Gasteiger partial charge in [0.1, 0.15) is 0 Å². The Bertz CT molecular complexity index is 398. The van der Waals surface area contributed by atoms with Crippen LogP contribution in [0.4, 0.5) is 13.2 Å². The third-order valence-electron chi connectivity index (χ3n) is 3.18. The van der Waals surface area contributed by atoms with Crippen LogP contribution in [0.2, 0.25) is 0 Å². The first-order valence-corrected chi connectivity index (χ1v) is 7.22. The molecule has 19 heavy (non-hydrogen) atoms. The number of rotatable bonds is 6. The predicted octanol–water partition coefficient (Wildman–Crippen LogP) is 5.51. The SMILES string of the molecule is CCCC(CCl)(CCl)Cc1cccc(C(F)(F)F)c1. The average molecular weight is 313 g/mol. The predicted molar refractivity (Wildman–Crippen MR) is 73.9 cm³/mol. The summed E-state index contributed by atoms with van der Waals surface area (Å²) in [6.07, 6.45) is -2.14. The fourth-order valence-electron chi connectivity index (χ4n) is 2.17. The van der Waals surface area contributed by atoms with Gasteiger partial charge in [0.2, 0.25) is 0 Å². The Hall–Kier alpha value is -0.410. The highest BCUT2D eigenvalue weighted by Crippen LogP contribution is 2.34. The molecule has 0 unspecified atom stereocenters. The van der Waals surface area contributed by atoms with Gasteiger partial charge in [0.25, 0.3) is 0 Å². The Labute approximate surface area is 121 Å². The van der Waals surface area contributed by atoms with Crippen molar-refractivity contribution in [3.8, 4) is 0 Å². The highest BCUT2D eigenvalue weighted by molar-refractivity contribution is 6.21. The van der Waals surface area contributed by atoms with Gasteiger partial charge < -0.3 is 0 Å². The van der Waals surface area contributed by atoms with Crippen LogP contribution < -0.4 is 0 Å². The third kappa shape index (κ3) is 4.57. The molecule has 0 aliphatic carbocycles. The van der Waals surface area contributed by atoms with Crippen molar-refractivity contribution in [2.75, 3.05) is 11.8 Å². The summed E-state index contributed by atoms with van der Waals surface area (Å²) in [7, 11) is 0. The lowest BCUT2D eigenvalue weighted by Crippen LogP contribution is -2.28. The number of hydrogen-bond acceptors (Lipinski definition) is 0. The molecule has 1 rings (SSSR count). The Morgan fingerprint density at radius 1 is 1.11 bits per heavy atom. The Kier molecular flexibility index (Phi) is 6.00. The zero-order valence-corrected chi connectivity index (χ0v) is 12.2. The van der Waals surface area contributed by atoms with Crippen LogP contribution in [0.5, 0.6) is 0 Å². The molecule has 0 nitrogen and oxygen atoms in total. The number of benzene rings is 1. The standard InChI is InChI=1S/C14H17Cl2F3/c1-2-6-13(9-15,10-16)8-11-4-3-5-12(7-11)14(17,18)19/h3-5,7H,2,6,8-10H2,1H3. The smallest absolute Gasteiger partial charge is 0.166 e. The lowest BCUT2D eigenvalue weighted by Gasteiger charge is -2.29. The summed E-state index contributed by atoms with van der Waals surface area (Å²) in [6.45, 7) is 2.01. The van der Waals surface area contributed by atoms with E-state index in [0.29, 0.717) is 23.7 Å². The molecule has 0 saturated heterocycles. The van der Waals surface area contributed by atoms with E-state index in [2.05, 4.69) is 0 Å². The van der Waals surface area contributed by atoms with E-state index in [1.54, 1.807) is 6.07 Å². The maximum atomic E-state index is 12.7. The molecule has 0 amide bonds. The van der Waals surface area contributed by atoms with Crippen LogP contribution in [-0.4, -0.2) is 11.8 Å². The van der Waals surface area contributed by atoms with E-state index in [9.17, 15) is 13.2 Å². The first-order chi connectivity index (χ1) is 8.87. The fraction of sp³-hybridized carbons (Fsp3) is 0.571. The van der Waals surface area contributed by atoms with Crippen LogP contribution in [0, 0.1) is 5.41 Å². The van der Waals surface area contributed by atoms with Crippen molar-refractivity contribution < 1.29 is 13.2 Å². The van der Waals surface area contributed by atoms with Crippen molar-refractivity contribution in [2.45, 2.75) is 32.4 Å². The minimum absolute atomic E-state index is 0.331. The van der Waals surface area contributed by atoms with Crippen LogP contribution in [0.15, 0.2) is 24.3 Å². The van der Waals surface area contributed by atoms with Gasteiger partial charge in [-0.1, -0.05) is 31.5 Å². The van der Waals surface area contributed by atoms with Crippen LogP contribution >= 0.6 is 23.2 Å². The molecular weight excluding hydrogens is 296 g/mol. The molecule has 0 saturated carbocycles. The van der Waals surface area contributed by atoms with E-state index in [1.807, 2.05) is 6.92 Å². The highest BCUT2D eigenvalue weighted by Gasteiger charge is 2.32. The molecule has 0 fully saturated rings. The van der Waals surface area contributed by atoms with Crippen molar-refractivity contribution in [3.05, 3.63) is 35.4 Å². The molecule has 0 radical (unpaired) electrons. The van der Waals surface area contributed by atoms with Gasteiger partial charge in [0.05, 0.1) is 5.56 Å². The molecule has 108 valence electrons. The molecule has 0 aliphatic rings. The summed E-state index contributed by atoms with van der Waals surface area (Å²) in [6, 6.07) is 5.38. The number of alkyl halides is 5. The van der Waals surface area contributed by atoms with Crippen molar-refractivity contribution in [1.29, 1.82) is 0 Å². The second-order valence-corrected chi connectivity index (χ2v) is 5.43. The average Bonchev–Trinajstić information content (AvgIpc) is 2.37. The van der Waals surface area contributed by atoms with Gasteiger partial charge in [0, 0.05) is 17.2 Å². The second-order valence-electron chi connectivity index (χ2n) is 4.89. The summed E-state index contributed by atoms with van der Waals surface area (Å²) >= 11 is 12.0. The van der Waals surface area contributed by atoms with Gasteiger partial charge in [-0.3, -0.25) is 0 Å². The van der Waals surface area contributed by atoms with Gasteiger partial charge in [-0.2, -0.15) is 13.2 Å². The van der Waals surface area contributed by atoms with Crippen molar-refractivity contribution in [3.63, 3.8) is 0 Å². The molecule has 0 N–H and O–H groups in total. The lowest BCUT2D eigenvalue weighted by molar-refractivity contribution is -0.137. The maximum absolute atomic E-state index is 12.7. The van der Waals surface area contributed by atoms with Gasteiger partial charge in [-0.05, 0) is 24.5 Å². The second kappa shape index (κ2) is 6.85. The van der Waals surface area contributed by atoms with E-state index in [1.165, 1.54) is 12.1 Å². The van der Waals surface area contributed by atoms with E-state index >= 15 is 0 Å². The van der Waals surface area contributed by atoms with Crippen molar-refractivity contribution in [1.82, 2.24) is 0 Å². The molecule has 1 aromatic carbocycles. The zero-order chi connectivity index (χ0) is 14.5. The summed E-state index contributed by atoms with van der Waals surface area (Å²) in [5, 5.41) is 0. The molecule has 0 heterocycles. The van der Waals surface area contributed by atoms with Crippen LogP contribution in [0.3, 0.4) is 0 Å². The van der Waals surface area contributed by atoms with E-state index in [-0.39, 0.29) is 5.41 Å². The zero-order valence-electron chi connectivity index (χ0n) is 10.7. The Morgan fingerprint density at radius 3 is 2.21 bits per heavy atom. The van der Waals surface area contributed by atoms with Crippen LogP contribution in [0.25, 0.3) is 0 Å². The molecule has 5 heteroatoms. The first-order valence-electron chi connectivity index (χ1n) is 6.15. The lowest BCUT2D eigenvalue weighted by atomic mass is 9.81. The normalized spacial score (nSPS) is 12.7. The van der Waals surface area contributed by atoms with E-state index in [0.717, 1.165) is 18.9 Å². The van der Waals surface area contributed by atoms with Crippen LogP contribution in [0.1, 0.15) is 30.9 Å². The summed E-state index contributed by atoms with van der Waals surface area (Å²) in [4.78, 5) is 0. The van der Waals surface area contributed by atoms with Gasteiger partial charge in [0.15, 0.2) is 0 Å². The minimum Gasteiger partial charge on any atom is -0.166 e. The Balaban J connectivity index is 2.97. The molecule has 0 aliphatic heterocycles. The van der Waals surface area contributed by atoms with Gasteiger partial charge in [-0.25, -0.2) is 0 Å². The molecule has 0 aromatic heterocycles. The quantitative estimate of drug-likeness (QED) is 0.607. The molecular formula is C14H17Cl2F3. The Morgan fingerprint density at radius 2 is 1.74 bits per heavy atom. The highest BCUT2D eigenvalue weighted by atomic mass is 35.5. The third-order valence-corrected chi connectivity index (χ3v) is 4.31. The largest absolute Gasteiger partial charge is 0.416 e. The topological polar surface area (TPSA) is 0 Å². The minimum atomic E-state index is -4.31. The molecule has 0 spiro atoms. The molecule has 0 bridgehead atoms. The van der Waals surface area contributed by atoms with E-state index in [4.69, 9.17) is 23.2 Å². The number of halogens is 5. The fourth-order valence-corrected chi connectivity index (χ4v) is 2.92. The first kappa shape index (κ1) is 16.6. The molecule has 1 aromatic rings. The van der Waals surface area contributed by atoms with Crippen molar-refractivity contribution in [2.24, 2.45) is 5.41 Å². The van der Waals surface area contributed by atoms with Gasteiger partial charge in [-0.15, -0.1) is 23.2 Å². The summed E-state index contributed by atoms with van der Waals surface area (Å²) < 4.78 is 38.0. The summed E-state index contributed by atoms with van der Waals surface area (Å²) in [5.41, 5.74) is -0.327. The monoisotopic (exact) mass is 312 g/mol.